The molecule has 2 nitrogen and oxygen atoms in total. The number of hydrogen-bond donors (Lipinski definition) is 2. The van der Waals surface area contributed by atoms with Gasteiger partial charge in [0.1, 0.15) is 0 Å². The smallest absolute Gasteiger partial charge is 0.0701 e. The van der Waals surface area contributed by atoms with Gasteiger partial charge < -0.3 is 10.4 Å². The van der Waals surface area contributed by atoms with E-state index in [1.54, 1.807) is 11.3 Å². The predicted octanol–water partition coefficient (Wildman–Crippen LogP) is 2.15. The number of thiophene rings is 1. The summed E-state index contributed by atoms with van der Waals surface area (Å²) in [5.74, 6) is 0. The molecule has 1 atom stereocenters. The number of nitrogens with one attached hydrogen (secondary N) is 1. The van der Waals surface area contributed by atoms with Gasteiger partial charge in [0.15, 0.2) is 0 Å². The molecule has 0 saturated heterocycles. The molecular weight excluding hydrogens is 238 g/mol. The summed E-state index contributed by atoms with van der Waals surface area (Å²) in [4.78, 5) is 1.29. The first kappa shape index (κ1) is 10.2. The second kappa shape index (κ2) is 4.97. The lowest BCUT2D eigenvalue weighted by Gasteiger charge is -2.09. The molecule has 1 heterocycles. The number of hydrogen-bond acceptors (Lipinski definition) is 3. The number of rotatable bonds is 4. The minimum Gasteiger partial charge on any atom is -0.395 e. The van der Waals surface area contributed by atoms with Crippen molar-refractivity contribution < 1.29 is 5.11 Å². The van der Waals surface area contributed by atoms with Gasteiger partial charge in [-0.15, -0.1) is 11.3 Å². The van der Waals surface area contributed by atoms with Gasteiger partial charge in [0, 0.05) is 17.5 Å². The lowest BCUT2D eigenvalue weighted by atomic mass is 10.3. The Morgan fingerprint density at radius 3 is 2.92 bits per heavy atom. The molecule has 0 saturated carbocycles. The Hall–Kier alpha value is 0.1000. The molecule has 0 aliphatic rings. The Morgan fingerprint density at radius 2 is 2.42 bits per heavy atom. The number of halogens is 1. The Balaban J connectivity index is 2.47. The fraction of sp³-hybridized carbons (Fsp3) is 0.500. The first-order valence-corrected chi connectivity index (χ1v) is 5.44. The van der Waals surface area contributed by atoms with Crippen molar-refractivity contribution in [1.29, 1.82) is 0 Å². The highest BCUT2D eigenvalue weighted by Crippen LogP contribution is 2.26. The molecule has 68 valence electrons. The fourth-order valence-electron chi connectivity index (χ4n) is 0.943. The van der Waals surface area contributed by atoms with Crippen molar-refractivity contribution in [3.8, 4) is 0 Å². The molecule has 1 unspecified atom stereocenters. The topological polar surface area (TPSA) is 32.3 Å². The zero-order chi connectivity index (χ0) is 8.97. The summed E-state index contributed by atoms with van der Waals surface area (Å²) in [7, 11) is 0. The molecule has 12 heavy (non-hydrogen) atoms. The largest absolute Gasteiger partial charge is 0.395 e. The van der Waals surface area contributed by atoms with Gasteiger partial charge in [0.25, 0.3) is 0 Å². The molecule has 0 aromatic carbocycles. The van der Waals surface area contributed by atoms with Crippen molar-refractivity contribution in [2.45, 2.75) is 13.0 Å². The summed E-state index contributed by atoms with van der Waals surface area (Å²) in [6.07, 6.45) is 0. The second-order valence-corrected chi connectivity index (χ2v) is 5.04. The van der Waals surface area contributed by atoms with Crippen molar-refractivity contribution in [3.05, 3.63) is 20.8 Å². The molecule has 1 aromatic heterocycles. The van der Waals surface area contributed by atoms with Crippen molar-refractivity contribution >= 4 is 27.3 Å². The summed E-state index contributed by atoms with van der Waals surface area (Å²) >= 11 is 5.13. The third kappa shape index (κ3) is 2.86. The van der Waals surface area contributed by atoms with Gasteiger partial charge >= 0.3 is 0 Å². The first-order chi connectivity index (χ1) is 5.74. The lowest BCUT2D eigenvalue weighted by Crippen LogP contribution is -2.21. The van der Waals surface area contributed by atoms with E-state index in [9.17, 15) is 0 Å². The number of aliphatic hydroxyl groups excluding tert-OH is 1. The van der Waals surface area contributed by atoms with E-state index < -0.39 is 0 Å². The van der Waals surface area contributed by atoms with Crippen LogP contribution >= 0.6 is 27.3 Å². The molecule has 0 aliphatic heterocycles. The molecule has 0 radical (unpaired) electrons. The molecule has 0 amide bonds. The van der Waals surface area contributed by atoms with E-state index in [0.717, 1.165) is 3.79 Å². The van der Waals surface area contributed by atoms with Gasteiger partial charge in [-0.3, -0.25) is 0 Å². The van der Waals surface area contributed by atoms with Crippen LogP contribution in [0.2, 0.25) is 0 Å². The Morgan fingerprint density at radius 1 is 1.67 bits per heavy atom. The zero-order valence-electron chi connectivity index (χ0n) is 6.88. The van der Waals surface area contributed by atoms with Gasteiger partial charge in [0.05, 0.1) is 10.4 Å². The quantitative estimate of drug-likeness (QED) is 0.858. The third-order valence-electron chi connectivity index (χ3n) is 1.58. The highest BCUT2D eigenvalue weighted by atomic mass is 79.9. The van der Waals surface area contributed by atoms with Crippen molar-refractivity contribution in [1.82, 2.24) is 5.32 Å². The summed E-state index contributed by atoms with van der Waals surface area (Å²) in [5.41, 5.74) is 0. The van der Waals surface area contributed by atoms with Crippen molar-refractivity contribution in [3.63, 3.8) is 0 Å². The predicted molar refractivity (Wildman–Crippen MR) is 55.5 cm³/mol. The summed E-state index contributed by atoms with van der Waals surface area (Å²) in [6, 6.07) is 4.45. The minimum atomic E-state index is 0.191. The molecule has 1 aromatic rings. The highest BCUT2D eigenvalue weighted by Gasteiger charge is 2.05. The van der Waals surface area contributed by atoms with Gasteiger partial charge in [-0.2, -0.15) is 0 Å². The Labute approximate surface area is 84.7 Å². The number of aliphatic hydroxyl groups is 1. The van der Waals surface area contributed by atoms with Crippen LogP contribution in [0, 0.1) is 0 Å². The highest BCUT2D eigenvalue weighted by molar-refractivity contribution is 9.11. The maximum absolute atomic E-state index is 8.60. The van der Waals surface area contributed by atoms with E-state index in [-0.39, 0.29) is 6.61 Å². The second-order valence-electron chi connectivity index (χ2n) is 2.54. The van der Waals surface area contributed by atoms with Crippen molar-refractivity contribution in [2.24, 2.45) is 0 Å². The first-order valence-electron chi connectivity index (χ1n) is 3.83. The maximum atomic E-state index is 8.60. The maximum Gasteiger partial charge on any atom is 0.0701 e. The van der Waals surface area contributed by atoms with Gasteiger partial charge in [-0.05, 0) is 35.0 Å². The van der Waals surface area contributed by atoms with Crippen LogP contribution in [0.4, 0.5) is 0 Å². The molecular formula is C8H12BrNOS. The van der Waals surface area contributed by atoms with Crippen molar-refractivity contribution in [2.75, 3.05) is 13.2 Å². The van der Waals surface area contributed by atoms with E-state index in [1.807, 2.05) is 6.07 Å². The minimum absolute atomic E-state index is 0.191. The molecule has 4 heteroatoms. The van der Waals surface area contributed by atoms with E-state index in [4.69, 9.17) is 5.11 Å². The lowest BCUT2D eigenvalue weighted by molar-refractivity contribution is 0.286. The third-order valence-corrected chi connectivity index (χ3v) is 3.39. The Kier molecular flexibility index (Phi) is 4.21. The van der Waals surface area contributed by atoms with Crippen LogP contribution in [0.1, 0.15) is 17.8 Å². The van der Waals surface area contributed by atoms with Gasteiger partial charge in [-0.1, -0.05) is 0 Å². The SMILES string of the molecule is CC(NCCO)c1ccc(Br)s1. The normalized spacial score (nSPS) is 13.2. The van der Waals surface area contributed by atoms with Crippen LogP contribution in [-0.2, 0) is 0 Å². The average Bonchev–Trinajstić information content (AvgIpc) is 2.47. The molecule has 0 bridgehead atoms. The molecule has 1 rings (SSSR count). The fourth-order valence-corrected chi connectivity index (χ4v) is 2.39. The summed E-state index contributed by atoms with van der Waals surface area (Å²) in [5, 5.41) is 11.8. The standard InChI is InChI=1S/C8H12BrNOS/c1-6(10-4-5-11)7-2-3-8(9)12-7/h2-3,6,10-11H,4-5H2,1H3. The monoisotopic (exact) mass is 249 g/mol. The zero-order valence-corrected chi connectivity index (χ0v) is 9.28. The van der Waals surface area contributed by atoms with Crippen LogP contribution < -0.4 is 5.32 Å². The summed E-state index contributed by atoms with van der Waals surface area (Å²) in [6.45, 7) is 2.93. The van der Waals surface area contributed by atoms with E-state index in [2.05, 4.69) is 34.2 Å². The molecule has 0 aliphatic carbocycles. The van der Waals surface area contributed by atoms with Crippen LogP contribution in [0.25, 0.3) is 0 Å². The van der Waals surface area contributed by atoms with E-state index in [1.165, 1.54) is 4.88 Å². The molecule has 0 spiro atoms. The van der Waals surface area contributed by atoms with Crippen LogP contribution in [0.15, 0.2) is 15.9 Å². The van der Waals surface area contributed by atoms with E-state index >= 15 is 0 Å². The van der Waals surface area contributed by atoms with Crippen LogP contribution in [0.3, 0.4) is 0 Å². The molecule has 0 fully saturated rings. The van der Waals surface area contributed by atoms with Crippen LogP contribution in [0.5, 0.6) is 0 Å². The van der Waals surface area contributed by atoms with Crippen LogP contribution in [-0.4, -0.2) is 18.3 Å². The average molecular weight is 250 g/mol. The Bertz CT molecular complexity index is 239. The summed E-state index contributed by atoms with van der Waals surface area (Å²) < 4.78 is 1.15. The van der Waals surface area contributed by atoms with E-state index in [0.29, 0.717) is 12.6 Å². The van der Waals surface area contributed by atoms with Gasteiger partial charge in [-0.25, -0.2) is 0 Å². The van der Waals surface area contributed by atoms with Gasteiger partial charge in [0.2, 0.25) is 0 Å². The molecule has 2 N–H and O–H groups in total.